The lowest BCUT2D eigenvalue weighted by Gasteiger charge is -2.33. The first-order valence-corrected chi connectivity index (χ1v) is 5.86. The van der Waals surface area contributed by atoms with E-state index >= 15 is 0 Å². The summed E-state index contributed by atoms with van der Waals surface area (Å²) >= 11 is 0. The van der Waals surface area contributed by atoms with Crippen LogP contribution in [0.15, 0.2) is 46.6 Å². The van der Waals surface area contributed by atoms with Crippen molar-refractivity contribution < 1.29 is 13.9 Å². The van der Waals surface area contributed by atoms with Crippen molar-refractivity contribution in [2.24, 2.45) is 0 Å². The molecule has 0 N–H and O–H groups in total. The molecule has 1 aromatic rings. The first-order valence-electron chi connectivity index (χ1n) is 5.86. The first-order chi connectivity index (χ1) is 8.63. The van der Waals surface area contributed by atoms with Crippen LogP contribution in [0.25, 0.3) is 0 Å². The van der Waals surface area contributed by atoms with Gasteiger partial charge in [0.2, 0.25) is 0 Å². The quantitative estimate of drug-likeness (QED) is 0.805. The maximum Gasteiger partial charge on any atom is 0.410 e. The number of carbonyl (C=O) groups excluding carboxylic acids is 1. The molecule has 0 spiro atoms. The van der Waals surface area contributed by atoms with E-state index in [0.717, 1.165) is 16.9 Å². The minimum Gasteiger partial charge on any atom is -0.467 e. The van der Waals surface area contributed by atoms with Crippen LogP contribution in [0.1, 0.15) is 25.1 Å². The van der Waals surface area contributed by atoms with Crippen molar-refractivity contribution in [3.63, 3.8) is 0 Å². The van der Waals surface area contributed by atoms with Crippen LogP contribution < -0.4 is 0 Å². The summed E-state index contributed by atoms with van der Waals surface area (Å²) in [4.78, 5) is 13.5. The Bertz CT molecular complexity index is 473. The summed E-state index contributed by atoms with van der Waals surface area (Å²) in [5, 5.41) is 0. The molecule has 96 valence electrons. The van der Waals surface area contributed by atoms with E-state index < -0.39 is 0 Å². The number of hydrogen-bond acceptors (Lipinski definition) is 3. The van der Waals surface area contributed by atoms with E-state index in [1.807, 2.05) is 19.1 Å². The Morgan fingerprint density at radius 2 is 2.39 bits per heavy atom. The topological polar surface area (TPSA) is 42.7 Å². The number of carbonyl (C=O) groups is 1. The van der Waals surface area contributed by atoms with Gasteiger partial charge in [0.05, 0.1) is 19.4 Å². The highest BCUT2D eigenvalue weighted by Crippen LogP contribution is 2.32. The molecule has 1 atom stereocenters. The van der Waals surface area contributed by atoms with Crippen molar-refractivity contribution >= 4 is 6.09 Å². The van der Waals surface area contributed by atoms with Gasteiger partial charge in [-0.05, 0) is 31.1 Å². The molecule has 2 rings (SSSR count). The maximum absolute atomic E-state index is 11.8. The lowest BCUT2D eigenvalue weighted by atomic mass is 9.97. The third kappa shape index (κ3) is 2.32. The largest absolute Gasteiger partial charge is 0.467 e. The van der Waals surface area contributed by atoms with E-state index in [4.69, 9.17) is 9.15 Å². The number of ether oxygens (including phenoxy) is 1. The molecule has 1 aromatic heterocycles. The van der Waals surface area contributed by atoms with E-state index in [-0.39, 0.29) is 12.1 Å². The SMILES string of the molecule is C=C(C)C1=CCC(c2ccco2)N(C(=O)OC)C1. The zero-order valence-electron chi connectivity index (χ0n) is 10.7. The molecule has 1 aliphatic heterocycles. The second-order valence-corrected chi connectivity index (χ2v) is 4.37. The summed E-state index contributed by atoms with van der Waals surface area (Å²) in [5.41, 5.74) is 2.05. The molecule has 1 aliphatic rings. The zero-order valence-corrected chi connectivity index (χ0v) is 10.7. The van der Waals surface area contributed by atoms with E-state index in [0.29, 0.717) is 13.0 Å². The molecule has 0 radical (unpaired) electrons. The van der Waals surface area contributed by atoms with Crippen molar-refractivity contribution in [3.8, 4) is 0 Å². The van der Waals surface area contributed by atoms with Crippen LogP contribution in [0.4, 0.5) is 4.79 Å². The Morgan fingerprint density at radius 3 is 2.94 bits per heavy atom. The Labute approximate surface area is 107 Å². The Morgan fingerprint density at radius 1 is 1.61 bits per heavy atom. The third-order valence-corrected chi connectivity index (χ3v) is 3.13. The lowest BCUT2D eigenvalue weighted by Crippen LogP contribution is -2.38. The van der Waals surface area contributed by atoms with Crippen LogP contribution in [0.2, 0.25) is 0 Å². The van der Waals surface area contributed by atoms with Crippen molar-refractivity contribution in [2.75, 3.05) is 13.7 Å². The minimum absolute atomic E-state index is 0.101. The van der Waals surface area contributed by atoms with Gasteiger partial charge in [0, 0.05) is 6.54 Å². The highest BCUT2D eigenvalue weighted by Gasteiger charge is 2.31. The Hall–Kier alpha value is -1.97. The van der Waals surface area contributed by atoms with E-state index in [9.17, 15) is 4.79 Å². The van der Waals surface area contributed by atoms with Crippen molar-refractivity contribution in [1.29, 1.82) is 0 Å². The summed E-state index contributed by atoms with van der Waals surface area (Å²) in [6.45, 7) is 6.36. The minimum atomic E-state index is -0.344. The van der Waals surface area contributed by atoms with Gasteiger partial charge in [-0.3, -0.25) is 4.90 Å². The van der Waals surface area contributed by atoms with Crippen LogP contribution in [0, 0.1) is 0 Å². The van der Waals surface area contributed by atoms with Gasteiger partial charge in [-0.15, -0.1) is 0 Å². The normalized spacial score (nSPS) is 19.3. The Balaban J connectivity index is 2.28. The van der Waals surface area contributed by atoms with Gasteiger partial charge in [0.1, 0.15) is 5.76 Å². The van der Waals surface area contributed by atoms with E-state index in [1.54, 1.807) is 11.2 Å². The number of amides is 1. The second kappa shape index (κ2) is 5.12. The van der Waals surface area contributed by atoms with Gasteiger partial charge in [0.25, 0.3) is 0 Å². The van der Waals surface area contributed by atoms with E-state index in [1.165, 1.54) is 7.11 Å². The number of methoxy groups -OCH3 is 1. The number of rotatable bonds is 2. The molecule has 1 amide bonds. The molecule has 0 bridgehead atoms. The highest BCUT2D eigenvalue weighted by molar-refractivity contribution is 5.69. The van der Waals surface area contributed by atoms with Gasteiger partial charge in [-0.25, -0.2) is 4.79 Å². The third-order valence-electron chi connectivity index (χ3n) is 3.13. The van der Waals surface area contributed by atoms with Crippen LogP contribution in [0.3, 0.4) is 0 Å². The molecular weight excluding hydrogens is 230 g/mol. The van der Waals surface area contributed by atoms with E-state index in [2.05, 4.69) is 12.7 Å². The van der Waals surface area contributed by atoms with Crippen LogP contribution >= 0.6 is 0 Å². The number of furan rings is 1. The van der Waals surface area contributed by atoms with Crippen molar-refractivity contribution in [3.05, 3.63) is 48.0 Å². The summed E-state index contributed by atoms with van der Waals surface area (Å²) < 4.78 is 10.2. The Kier molecular flexibility index (Phi) is 3.55. The fraction of sp³-hybridized carbons (Fsp3) is 0.357. The molecule has 18 heavy (non-hydrogen) atoms. The fourth-order valence-corrected chi connectivity index (χ4v) is 2.11. The average Bonchev–Trinajstić information content (AvgIpc) is 2.90. The first kappa shape index (κ1) is 12.5. The summed E-state index contributed by atoms with van der Waals surface area (Å²) in [6, 6.07) is 3.60. The van der Waals surface area contributed by atoms with Crippen LogP contribution in [-0.4, -0.2) is 24.6 Å². The number of nitrogens with zero attached hydrogens (tertiary/aromatic N) is 1. The molecule has 0 saturated carbocycles. The summed E-state index contributed by atoms with van der Waals surface area (Å²) in [7, 11) is 1.39. The van der Waals surface area contributed by atoms with Crippen molar-refractivity contribution in [1.82, 2.24) is 4.90 Å². The van der Waals surface area contributed by atoms with Crippen LogP contribution in [-0.2, 0) is 4.74 Å². The van der Waals surface area contributed by atoms with Gasteiger partial charge in [0.15, 0.2) is 0 Å². The molecule has 0 aromatic carbocycles. The van der Waals surface area contributed by atoms with Crippen LogP contribution in [0.5, 0.6) is 0 Å². The average molecular weight is 247 g/mol. The summed E-state index contributed by atoms with van der Waals surface area (Å²) in [6.07, 6.45) is 4.09. The number of hydrogen-bond donors (Lipinski definition) is 0. The maximum atomic E-state index is 11.8. The fourth-order valence-electron chi connectivity index (χ4n) is 2.11. The molecule has 0 saturated heterocycles. The molecule has 4 nitrogen and oxygen atoms in total. The van der Waals surface area contributed by atoms with Gasteiger partial charge in [-0.1, -0.05) is 18.2 Å². The second-order valence-electron chi connectivity index (χ2n) is 4.37. The molecular formula is C14H17NO3. The summed E-state index contributed by atoms with van der Waals surface area (Å²) in [5.74, 6) is 0.775. The zero-order chi connectivity index (χ0) is 13.1. The molecule has 2 heterocycles. The standard InChI is InChI=1S/C14H17NO3/c1-10(2)11-6-7-12(13-5-4-8-18-13)15(9-11)14(16)17-3/h4-6,8,12H,1,7,9H2,2-3H3. The van der Waals surface area contributed by atoms with Gasteiger partial charge in [-0.2, -0.15) is 0 Å². The lowest BCUT2D eigenvalue weighted by molar-refractivity contribution is 0.101. The molecule has 0 fully saturated rings. The molecule has 4 heteroatoms. The predicted molar refractivity (Wildman–Crippen MR) is 68.1 cm³/mol. The van der Waals surface area contributed by atoms with Crippen molar-refractivity contribution in [2.45, 2.75) is 19.4 Å². The molecule has 1 unspecified atom stereocenters. The molecule has 0 aliphatic carbocycles. The highest BCUT2D eigenvalue weighted by atomic mass is 16.5. The van der Waals surface area contributed by atoms with Gasteiger partial charge < -0.3 is 9.15 Å². The monoisotopic (exact) mass is 247 g/mol. The smallest absolute Gasteiger partial charge is 0.410 e. The van der Waals surface area contributed by atoms with Gasteiger partial charge >= 0.3 is 6.09 Å². The predicted octanol–water partition coefficient (Wildman–Crippen LogP) is 3.30.